The van der Waals surface area contributed by atoms with Crippen LogP contribution in [0.3, 0.4) is 0 Å². The van der Waals surface area contributed by atoms with Crippen LogP contribution in [-0.4, -0.2) is 16.2 Å². The lowest BCUT2D eigenvalue weighted by Gasteiger charge is -2.07. The maximum Gasteiger partial charge on any atom is 0.358 e. The molecule has 2 rings (SSSR count). The Balaban J connectivity index is 1.84. The zero-order valence-electron chi connectivity index (χ0n) is 11.6. The van der Waals surface area contributed by atoms with E-state index in [0.29, 0.717) is 24.8 Å². The molecule has 0 aliphatic heterocycles. The molecule has 0 saturated heterocycles. The van der Waals surface area contributed by atoms with Gasteiger partial charge in [0.1, 0.15) is 0 Å². The minimum Gasteiger partial charge on any atom is -0.476 e. The molecule has 0 saturated carbocycles. The average molecular weight is 274 g/mol. The van der Waals surface area contributed by atoms with Gasteiger partial charge in [-0.3, -0.25) is 0 Å². The Bertz CT molecular complexity index is 573. The van der Waals surface area contributed by atoms with Crippen LogP contribution in [0, 0.1) is 0 Å². The van der Waals surface area contributed by atoms with Crippen LogP contribution in [0.25, 0.3) is 0 Å². The number of carboxylic acid groups (broad SMARTS) is 1. The second kappa shape index (κ2) is 6.34. The number of aromatic carboxylic acids is 1. The van der Waals surface area contributed by atoms with Crippen molar-refractivity contribution in [3.63, 3.8) is 0 Å². The van der Waals surface area contributed by atoms with Gasteiger partial charge in [-0.25, -0.2) is 4.79 Å². The van der Waals surface area contributed by atoms with E-state index < -0.39 is 5.97 Å². The molecule has 1 aromatic carbocycles. The maximum absolute atomic E-state index is 10.7. The Morgan fingerprint density at radius 2 is 2.00 bits per heavy atom. The zero-order chi connectivity index (χ0) is 14.5. The standard InChI is InChI=1S/C15H18N2O3/c1-10(2)12-5-3-11(4-6-12)8-16-9-13-7-14(15(18)19)17-20-13/h3-7,10,16H,8-9H2,1-2H3,(H,18,19). The van der Waals surface area contributed by atoms with E-state index in [0.717, 1.165) is 0 Å². The molecule has 1 heterocycles. The second-order valence-corrected chi connectivity index (χ2v) is 4.98. The Hall–Kier alpha value is -2.14. The van der Waals surface area contributed by atoms with Crippen molar-refractivity contribution in [2.45, 2.75) is 32.9 Å². The molecule has 2 aromatic rings. The molecular weight excluding hydrogens is 256 g/mol. The number of benzene rings is 1. The smallest absolute Gasteiger partial charge is 0.358 e. The Morgan fingerprint density at radius 1 is 1.30 bits per heavy atom. The quantitative estimate of drug-likeness (QED) is 0.847. The molecule has 0 atom stereocenters. The van der Waals surface area contributed by atoms with Crippen LogP contribution in [0.1, 0.15) is 47.1 Å². The van der Waals surface area contributed by atoms with Crippen LogP contribution in [-0.2, 0) is 13.1 Å². The Labute approximate surface area is 117 Å². The zero-order valence-corrected chi connectivity index (χ0v) is 11.6. The highest BCUT2D eigenvalue weighted by atomic mass is 16.5. The summed E-state index contributed by atoms with van der Waals surface area (Å²) in [5.74, 6) is -0.0360. The molecule has 1 aromatic heterocycles. The molecule has 0 unspecified atom stereocenters. The molecule has 2 N–H and O–H groups in total. The first kappa shape index (κ1) is 14.3. The lowest BCUT2D eigenvalue weighted by atomic mass is 10.0. The van der Waals surface area contributed by atoms with Crippen LogP contribution in [0.2, 0.25) is 0 Å². The third kappa shape index (κ3) is 3.68. The molecule has 0 aliphatic rings. The highest BCUT2D eigenvalue weighted by Crippen LogP contribution is 2.14. The van der Waals surface area contributed by atoms with Gasteiger partial charge < -0.3 is 14.9 Å². The average Bonchev–Trinajstić information content (AvgIpc) is 2.88. The summed E-state index contributed by atoms with van der Waals surface area (Å²) >= 11 is 0. The summed E-state index contributed by atoms with van der Waals surface area (Å²) in [5, 5.41) is 15.4. The fourth-order valence-electron chi connectivity index (χ4n) is 1.85. The molecule has 0 aliphatic carbocycles. The van der Waals surface area contributed by atoms with E-state index in [9.17, 15) is 4.79 Å². The maximum atomic E-state index is 10.7. The highest BCUT2D eigenvalue weighted by Gasteiger charge is 2.10. The van der Waals surface area contributed by atoms with E-state index in [2.05, 4.69) is 48.6 Å². The second-order valence-electron chi connectivity index (χ2n) is 4.98. The number of carbonyl (C=O) groups is 1. The van der Waals surface area contributed by atoms with Gasteiger partial charge in [0.25, 0.3) is 0 Å². The van der Waals surface area contributed by atoms with Crippen LogP contribution < -0.4 is 5.32 Å². The van der Waals surface area contributed by atoms with Crippen molar-refractivity contribution in [1.29, 1.82) is 0 Å². The summed E-state index contributed by atoms with van der Waals surface area (Å²) in [6, 6.07) is 9.85. The molecule has 20 heavy (non-hydrogen) atoms. The fourth-order valence-corrected chi connectivity index (χ4v) is 1.85. The minimum atomic E-state index is -1.08. The first-order valence-electron chi connectivity index (χ1n) is 6.54. The molecule has 5 nitrogen and oxygen atoms in total. The van der Waals surface area contributed by atoms with Crippen LogP contribution in [0.5, 0.6) is 0 Å². The van der Waals surface area contributed by atoms with Crippen LogP contribution in [0.15, 0.2) is 34.9 Å². The van der Waals surface area contributed by atoms with Gasteiger partial charge in [-0.1, -0.05) is 43.3 Å². The van der Waals surface area contributed by atoms with E-state index in [1.807, 2.05) is 0 Å². The fraction of sp³-hybridized carbons (Fsp3) is 0.333. The number of aromatic nitrogens is 1. The predicted molar refractivity (Wildman–Crippen MR) is 74.5 cm³/mol. The third-order valence-corrected chi connectivity index (χ3v) is 3.05. The van der Waals surface area contributed by atoms with Gasteiger partial charge in [-0.2, -0.15) is 0 Å². The number of hydrogen-bond donors (Lipinski definition) is 2. The van der Waals surface area contributed by atoms with Gasteiger partial charge in [-0.05, 0) is 17.0 Å². The molecule has 0 fully saturated rings. The first-order valence-corrected chi connectivity index (χ1v) is 6.54. The van der Waals surface area contributed by atoms with E-state index >= 15 is 0 Å². The molecule has 106 valence electrons. The van der Waals surface area contributed by atoms with Crippen molar-refractivity contribution < 1.29 is 14.4 Å². The topological polar surface area (TPSA) is 75.4 Å². The Kier molecular flexibility index (Phi) is 4.53. The third-order valence-electron chi connectivity index (χ3n) is 3.05. The van der Waals surface area contributed by atoms with Gasteiger partial charge in [0.15, 0.2) is 11.5 Å². The lowest BCUT2D eigenvalue weighted by molar-refractivity contribution is 0.0685. The van der Waals surface area contributed by atoms with E-state index in [1.54, 1.807) is 0 Å². The lowest BCUT2D eigenvalue weighted by Crippen LogP contribution is -2.12. The summed E-state index contributed by atoms with van der Waals surface area (Å²) in [5.41, 5.74) is 2.42. The SMILES string of the molecule is CC(C)c1ccc(CNCc2cc(C(=O)O)no2)cc1. The van der Waals surface area contributed by atoms with E-state index in [1.165, 1.54) is 17.2 Å². The number of carboxylic acids is 1. The monoisotopic (exact) mass is 274 g/mol. The number of rotatable bonds is 6. The van der Waals surface area contributed by atoms with Crippen molar-refractivity contribution in [2.75, 3.05) is 0 Å². The van der Waals surface area contributed by atoms with Gasteiger partial charge in [0.2, 0.25) is 0 Å². The summed E-state index contributed by atoms with van der Waals surface area (Å²) in [4.78, 5) is 10.7. The van der Waals surface area contributed by atoms with Crippen molar-refractivity contribution in [1.82, 2.24) is 10.5 Å². The summed E-state index contributed by atoms with van der Waals surface area (Å²) in [6.07, 6.45) is 0. The molecular formula is C15H18N2O3. The van der Waals surface area contributed by atoms with Crippen LogP contribution in [0.4, 0.5) is 0 Å². The summed E-state index contributed by atoms with van der Waals surface area (Å²) in [6.45, 7) is 5.47. The Morgan fingerprint density at radius 3 is 2.55 bits per heavy atom. The van der Waals surface area contributed by atoms with Crippen molar-refractivity contribution in [2.24, 2.45) is 0 Å². The van der Waals surface area contributed by atoms with Gasteiger partial charge in [0.05, 0.1) is 6.54 Å². The minimum absolute atomic E-state index is 0.0666. The van der Waals surface area contributed by atoms with Gasteiger partial charge in [-0.15, -0.1) is 0 Å². The summed E-state index contributed by atoms with van der Waals surface area (Å²) < 4.78 is 4.92. The number of nitrogens with one attached hydrogen (secondary N) is 1. The largest absolute Gasteiger partial charge is 0.476 e. The molecule has 0 bridgehead atoms. The van der Waals surface area contributed by atoms with Crippen molar-refractivity contribution in [3.05, 3.63) is 52.9 Å². The van der Waals surface area contributed by atoms with Gasteiger partial charge >= 0.3 is 5.97 Å². The normalized spacial score (nSPS) is 10.9. The van der Waals surface area contributed by atoms with E-state index in [4.69, 9.17) is 9.63 Å². The first-order chi connectivity index (χ1) is 9.56. The predicted octanol–water partition coefficient (Wildman–Crippen LogP) is 2.79. The van der Waals surface area contributed by atoms with Crippen molar-refractivity contribution in [3.8, 4) is 0 Å². The molecule has 0 spiro atoms. The van der Waals surface area contributed by atoms with Crippen molar-refractivity contribution >= 4 is 5.97 Å². The number of hydrogen-bond acceptors (Lipinski definition) is 4. The van der Waals surface area contributed by atoms with Gasteiger partial charge in [0, 0.05) is 12.6 Å². The summed E-state index contributed by atoms with van der Waals surface area (Å²) in [7, 11) is 0. The highest BCUT2D eigenvalue weighted by molar-refractivity contribution is 5.85. The molecule has 5 heteroatoms. The number of nitrogens with zero attached hydrogens (tertiary/aromatic N) is 1. The molecule has 0 radical (unpaired) electrons. The van der Waals surface area contributed by atoms with E-state index in [-0.39, 0.29) is 5.69 Å². The molecule has 0 amide bonds. The van der Waals surface area contributed by atoms with Crippen LogP contribution >= 0.6 is 0 Å².